The summed E-state index contributed by atoms with van der Waals surface area (Å²) >= 11 is 5.59. The third-order valence-electron chi connectivity index (χ3n) is 7.68. The van der Waals surface area contributed by atoms with Crippen LogP contribution in [-0.4, -0.2) is 73.6 Å². The van der Waals surface area contributed by atoms with Gasteiger partial charge in [0.25, 0.3) is 10.3 Å². The number of nitrogen functional groups attached to an aromatic ring is 2. The topological polar surface area (TPSA) is 263 Å². The van der Waals surface area contributed by atoms with Crippen LogP contribution in [0.1, 0.15) is 73.6 Å². The van der Waals surface area contributed by atoms with Crippen molar-refractivity contribution in [2.45, 2.75) is 61.1 Å². The maximum Gasteiger partial charge on any atom is 0.335 e. The zero-order chi connectivity index (χ0) is 40.4. The Kier molecular flexibility index (Phi) is 11.6. The number of benzene rings is 2. The maximum absolute atomic E-state index is 11.5. The van der Waals surface area contributed by atoms with Gasteiger partial charge >= 0.3 is 11.9 Å². The van der Waals surface area contributed by atoms with E-state index in [0.717, 1.165) is 0 Å². The minimum atomic E-state index is -1.06. The summed E-state index contributed by atoms with van der Waals surface area (Å²) in [4.78, 5) is 23.1. The van der Waals surface area contributed by atoms with Crippen LogP contribution in [0, 0.1) is 0 Å². The van der Waals surface area contributed by atoms with Crippen LogP contribution in [0.15, 0.2) is 77.7 Å². The lowest BCUT2D eigenvalue weighted by Crippen LogP contribution is -2.13. The third-order valence-corrected chi connectivity index (χ3v) is 11.8. The number of nitrogens with two attached hydrogens (primary N) is 2. The van der Waals surface area contributed by atoms with E-state index in [1.807, 2.05) is 41.5 Å². The summed E-state index contributed by atoms with van der Waals surface area (Å²) in [6, 6.07) is 12.7. The standard InChI is InChI=1S/C34H36N14O4S4/c1-33(2,3)23-21(25(35)47(45-23)19-11-7-9-17(15-19)27(49)50)37-39-29-41-43-31(55-29)53-13-14-54-32-44-42-30(56-32)40-38-22-24(34(4,5)6)46-48(26(22)36)20-12-8-10-18(16-20)28(51)52/h7-12,15-16H,13-14,35-36H2,1-6H3,(H,49,50)(H,51,52). The van der Waals surface area contributed by atoms with Crippen LogP contribution in [0.2, 0.25) is 0 Å². The van der Waals surface area contributed by atoms with Crippen molar-refractivity contribution < 1.29 is 19.8 Å². The average molecular weight is 833 g/mol. The van der Waals surface area contributed by atoms with Crippen molar-refractivity contribution in [1.82, 2.24) is 40.0 Å². The van der Waals surface area contributed by atoms with Crippen LogP contribution in [-0.2, 0) is 10.8 Å². The monoisotopic (exact) mass is 832 g/mol. The lowest BCUT2D eigenvalue weighted by molar-refractivity contribution is 0.0686. The largest absolute Gasteiger partial charge is 0.478 e. The van der Waals surface area contributed by atoms with Crippen LogP contribution in [0.4, 0.5) is 33.3 Å². The van der Waals surface area contributed by atoms with E-state index >= 15 is 0 Å². The second kappa shape index (κ2) is 16.3. The number of aromatic carboxylic acids is 2. The molecule has 0 atom stereocenters. The highest BCUT2D eigenvalue weighted by Gasteiger charge is 2.28. The molecule has 0 aliphatic rings. The zero-order valence-corrected chi connectivity index (χ0v) is 34.2. The van der Waals surface area contributed by atoms with Gasteiger partial charge in [0.05, 0.1) is 33.9 Å². The summed E-state index contributed by atoms with van der Waals surface area (Å²) in [5, 5.41) is 63.1. The molecule has 0 spiro atoms. The number of azo groups is 2. The number of thioether (sulfide) groups is 2. The molecule has 0 aliphatic carbocycles. The predicted molar refractivity (Wildman–Crippen MR) is 217 cm³/mol. The Balaban J connectivity index is 1.08. The second-order valence-corrected chi connectivity index (χ2v) is 18.6. The van der Waals surface area contributed by atoms with Gasteiger partial charge in [-0.25, -0.2) is 19.0 Å². The van der Waals surface area contributed by atoms with Crippen LogP contribution in [0.5, 0.6) is 0 Å². The molecule has 0 unspecified atom stereocenters. The van der Waals surface area contributed by atoms with E-state index in [-0.39, 0.29) is 22.8 Å². The first kappa shape index (κ1) is 40.1. The Labute approximate surface area is 336 Å². The van der Waals surface area contributed by atoms with E-state index < -0.39 is 22.8 Å². The van der Waals surface area contributed by atoms with Crippen LogP contribution in [0.25, 0.3) is 11.4 Å². The number of hydrogen-bond acceptors (Lipinski definition) is 18. The highest BCUT2D eigenvalue weighted by Crippen LogP contribution is 2.40. The highest BCUT2D eigenvalue weighted by molar-refractivity contribution is 8.04. The van der Waals surface area contributed by atoms with Crippen LogP contribution >= 0.6 is 46.2 Å². The molecule has 2 aromatic carbocycles. The second-order valence-electron chi connectivity index (χ2n) is 14.0. The van der Waals surface area contributed by atoms with E-state index in [1.54, 1.807) is 24.3 Å². The van der Waals surface area contributed by atoms with Gasteiger partial charge in [-0.1, -0.05) is 99.9 Å². The third kappa shape index (κ3) is 9.09. The van der Waals surface area contributed by atoms with Gasteiger partial charge in [-0.2, -0.15) is 10.2 Å². The number of hydrogen-bond donors (Lipinski definition) is 4. The van der Waals surface area contributed by atoms with E-state index in [0.29, 0.717) is 64.6 Å². The number of carboxylic acid groups (broad SMARTS) is 2. The molecule has 18 nitrogen and oxygen atoms in total. The first-order chi connectivity index (χ1) is 26.5. The van der Waals surface area contributed by atoms with Crippen molar-refractivity contribution in [2.24, 2.45) is 20.5 Å². The molecule has 0 fully saturated rings. The molecule has 6 aromatic rings. The molecule has 290 valence electrons. The van der Waals surface area contributed by atoms with Crippen molar-refractivity contribution in [3.05, 3.63) is 71.0 Å². The van der Waals surface area contributed by atoms with Gasteiger partial charge in [0.2, 0.25) is 0 Å². The summed E-state index contributed by atoms with van der Waals surface area (Å²) in [6.07, 6.45) is 0. The average Bonchev–Trinajstić information content (AvgIpc) is 3.94. The van der Waals surface area contributed by atoms with Gasteiger partial charge in [0, 0.05) is 22.3 Å². The fourth-order valence-electron chi connectivity index (χ4n) is 5.03. The number of carboxylic acids is 2. The quantitative estimate of drug-likeness (QED) is 0.0482. The Morgan fingerprint density at radius 1 is 0.661 bits per heavy atom. The van der Waals surface area contributed by atoms with Gasteiger partial charge in [-0.3, -0.25) is 0 Å². The molecule has 6 rings (SSSR count). The SMILES string of the molecule is CC(C)(C)c1nn(-c2cccc(C(=O)O)c2)c(N)c1N=Nc1nnc(SCCSc2nnc(N=Nc3c(C(C)(C)C)nn(-c4cccc(C(=O)O)c4)c3N)s2)s1. The Morgan fingerprint density at radius 3 is 1.41 bits per heavy atom. The van der Waals surface area contributed by atoms with Crippen molar-refractivity contribution in [3.63, 3.8) is 0 Å². The summed E-state index contributed by atoms with van der Waals surface area (Å²) in [6.45, 7) is 11.8. The molecule has 4 heterocycles. The number of aromatic nitrogens is 8. The smallest absolute Gasteiger partial charge is 0.335 e. The van der Waals surface area contributed by atoms with Crippen molar-refractivity contribution >= 4 is 91.4 Å². The molecule has 0 aliphatic heterocycles. The highest BCUT2D eigenvalue weighted by atomic mass is 32.2. The molecular weight excluding hydrogens is 797 g/mol. The molecule has 56 heavy (non-hydrogen) atoms. The molecule has 0 bridgehead atoms. The summed E-state index contributed by atoms with van der Waals surface area (Å²) in [5.41, 5.74) is 15.2. The molecule has 0 saturated heterocycles. The normalized spacial score (nSPS) is 12.3. The maximum atomic E-state index is 11.5. The predicted octanol–water partition coefficient (Wildman–Crippen LogP) is 8.63. The first-order valence-corrected chi connectivity index (χ1v) is 20.3. The van der Waals surface area contributed by atoms with Gasteiger partial charge in [0.15, 0.2) is 31.7 Å². The molecule has 6 N–H and O–H groups in total. The van der Waals surface area contributed by atoms with Crippen molar-refractivity contribution in [3.8, 4) is 11.4 Å². The van der Waals surface area contributed by atoms with Gasteiger partial charge in [-0.05, 0) is 36.4 Å². The van der Waals surface area contributed by atoms with E-state index in [9.17, 15) is 19.8 Å². The number of nitrogens with zero attached hydrogens (tertiary/aromatic N) is 12. The van der Waals surface area contributed by atoms with Crippen molar-refractivity contribution in [1.29, 1.82) is 0 Å². The molecular formula is C34H36N14O4S4. The zero-order valence-electron chi connectivity index (χ0n) is 30.9. The van der Waals surface area contributed by atoms with E-state index in [1.165, 1.54) is 79.8 Å². The Bertz CT molecular complexity index is 2300. The summed E-state index contributed by atoms with van der Waals surface area (Å²) < 4.78 is 4.34. The lowest BCUT2D eigenvalue weighted by Gasteiger charge is -2.15. The van der Waals surface area contributed by atoms with Gasteiger partial charge in [0.1, 0.15) is 0 Å². The molecule has 4 aromatic heterocycles. The molecule has 0 saturated carbocycles. The lowest BCUT2D eigenvalue weighted by atomic mass is 9.91. The fraction of sp³-hybridized carbons (Fsp3) is 0.294. The number of carbonyl (C=O) groups is 2. The molecule has 22 heteroatoms. The molecule has 0 radical (unpaired) electrons. The van der Waals surface area contributed by atoms with E-state index in [2.05, 4.69) is 51.0 Å². The van der Waals surface area contributed by atoms with Gasteiger partial charge in [-0.15, -0.1) is 40.9 Å². The first-order valence-electron chi connectivity index (χ1n) is 16.7. The Hall–Kier alpha value is -5.58. The number of rotatable bonds is 13. The van der Waals surface area contributed by atoms with E-state index in [4.69, 9.17) is 11.5 Å². The summed E-state index contributed by atoms with van der Waals surface area (Å²) in [5.74, 6) is -0.283. The van der Waals surface area contributed by atoms with Crippen molar-refractivity contribution in [2.75, 3.05) is 23.0 Å². The fourth-order valence-corrected chi connectivity index (χ4v) is 8.47. The minimum absolute atomic E-state index is 0.109. The van der Waals surface area contributed by atoms with Gasteiger partial charge < -0.3 is 21.7 Å². The minimum Gasteiger partial charge on any atom is -0.478 e. The van der Waals surface area contributed by atoms with Crippen LogP contribution < -0.4 is 11.5 Å². The summed E-state index contributed by atoms with van der Waals surface area (Å²) in [7, 11) is 0. The number of anilines is 2. The van der Waals surface area contributed by atoms with Crippen LogP contribution in [0.3, 0.4) is 0 Å². The molecule has 0 amide bonds. The Morgan fingerprint density at radius 2 is 1.05 bits per heavy atom.